The predicted molar refractivity (Wildman–Crippen MR) is 137 cm³/mol. The van der Waals surface area contributed by atoms with Crippen molar-refractivity contribution < 1.29 is 14.6 Å². The molecule has 1 aliphatic heterocycles. The van der Waals surface area contributed by atoms with Gasteiger partial charge in [-0.3, -0.25) is 9.59 Å². The lowest BCUT2D eigenvalue weighted by molar-refractivity contribution is 0.0949. The van der Waals surface area contributed by atoms with Crippen LogP contribution in [0, 0.1) is 11.3 Å². The number of hydrogen-bond acceptors (Lipinski definition) is 8. The number of nitriles is 1. The van der Waals surface area contributed by atoms with Crippen LogP contribution in [0.25, 0.3) is 10.9 Å². The van der Waals surface area contributed by atoms with E-state index in [0.717, 1.165) is 31.4 Å². The van der Waals surface area contributed by atoms with Crippen molar-refractivity contribution in [2.45, 2.75) is 36.7 Å². The number of aromatic nitrogens is 2. The number of β-amino-alcohol motifs (C(OH)–C–C–N with tert-alkyl or cyclic N) is 1. The topological polar surface area (TPSA) is 120 Å². The standard InChI is InChI=1S/C26H27N5O4S/c1-30-22-19(12-21(25(30)34)23(33)29-14-18-4-2-17(13-27)3-5-18)6-10-28-24(22)35-16-26(8-9-26)36-31-11-7-20(32)15-31/h2-6,10,12,20,32H,7-9,11,14-16H2,1H3,(H,29,33)/t20-/m0/s1. The molecule has 2 aromatic heterocycles. The summed E-state index contributed by atoms with van der Waals surface area (Å²) in [6.07, 6.45) is 4.19. The lowest BCUT2D eigenvalue weighted by Gasteiger charge is -2.22. The number of aliphatic hydroxyl groups is 1. The number of carbonyl (C=O) groups excluding carboxylic acids is 1. The Hall–Kier alpha value is -3.39. The Bertz CT molecular complexity index is 1390. The molecular weight excluding hydrogens is 478 g/mol. The van der Waals surface area contributed by atoms with Crippen LogP contribution in [-0.2, 0) is 13.6 Å². The maximum absolute atomic E-state index is 13.1. The zero-order valence-electron chi connectivity index (χ0n) is 19.9. The average Bonchev–Trinajstić information content (AvgIpc) is 3.54. The molecule has 36 heavy (non-hydrogen) atoms. The molecular formula is C26H27N5O4S. The Morgan fingerprint density at radius 3 is 2.78 bits per heavy atom. The van der Waals surface area contributed by atoms with Crippen LogP contribution >= 0.6 is 11.9 Å². The van der Waals surface area contributed by atoms with Crippen LogP contribution < -0.4 is 15.6 Å². The van der Waals surface area contributed by atoms with E-state index in [1.807, 2.05) is 0 Å². The molecule has 1 saturated carbocycles. The highest BCUT2D eigenvalue weighted by molar-refractivity contribution is 7.98. The van der Waals surface area contributed by atoms with Crippen LogP contribution in [0.4, 0.5) is 0 Å². The monoisotopic (exact) mass is 505 g/mol. The largest absolute Gasteiger partial charge is 0.475 e. The predicted octanol–water partition coefficient (Wildman–Crippen LogP) is 2.36. The Morgan fingerprint density at radius 2 is 2.11 bits per heavy atom. The Morgan fingerprint density at radius 1 is 1.33 bits per heavy atom. The van der Waals surface area contributed by atoms with Crippen LogP contribution in [0.15, 0.2) is 47.4 Å². The van der Waals surface area contributed by atoms with E-state index in [9.17, 15) is 14.7 Å². The number of fused-ring (bicyclic) bond motifs is 1. The molecule has 10 heteroatoms. The number of carbonyl (C=O) groups is 1. The first-order chi connectivity index (χ1) is 17.4. The highest BCUT2D eigenvalue weighted by atomic mass is 32.2. The highest BCUT2D eigenvalue weighted by Gasteiger charge is 2.47. The first kappa shape index (κ1) is 24.3. The van der Waals surface area contributed by atoms with E-state index < -0.39 is 11.5 Å². The summed E-state index contributed by atoms with van der Waals surface area (Å²) in [4.78, 5) is 30.3. The van der Waals surface area contributed by atoms with E-state index in [4.69, 9.17) is 10.00 Å². The average molecular weight is 506 g/mol. The SMILES string of the molecule is Cn1c(=O)c(C(=O)NCc2ccc(C#N)cc2)cc2ccnc(OCC3(SN4CC[C@H](O)C4)CC3)c21. The fraction of sp³-hybridized carbons (Fsp3) is 0.385. The molecule has 1 aromatic carbocycles. The first-order valence-corrected chi connectivity index (χ1v) is 12.7. The first-order valence-electron chi connectivity index (χ1n) is 11.9. The fourth-order valence-electron chi connectivity index (χ4n) is 4.31. The third-order valence-electron chi connectivity index (χ3n) is 6.60. The molecule has 9 nitrogen and oxygen atoms in total. The number of pyridine rings is 2. The van der Waals surface area contributed by atoms with Gasteiger partial charge in [0.1, 0.15) is 17.7 Å². The van der Waals surface area contributed by atoms with E-state index in [1.54, 1.807) is 61.6 Å². The van der Waals surface area contributed by atoms with Gasteiger partial charge < -0.3 is 19.7 Å². The Balaban J connectivity index is 1.31. The van der Waals surface area contributed by atoms with Gasteiger partial charge in [0.05, 0.1) is 22.5 Å². The van der Waals surface area contributed by atoms with E-state index in [2.05, 4.69) is 20.7 Å². The lowest BCUT2D eigenvalue weighted by Crippen LogP contribution is -2.32. The minimum absolute atomic E-state index is 0.0297. The maximum atomic E-state index is 13.1. The van der Waals surface area contributed by atoms with E-state index in [0.29, 0.717) is 35.5 Å². The summed E-state index contributed by atoms with van der Waals surface area (Å²) in [5, 5.41) is 22.2. The van der Waals surface area contributed by atoms with Crippen LogP contribution in [0.5, 0.6) is 5.88 Å². The summed E-state index contributed by atoms with van der Waals surface area (Å²) >= 11 is 1.75. The summed E-state index contributed by atoms with van der Waals surface area (Å²) in [7, 11) is 1.61. The number of benzene rings is 1. The summed E-state index contributed by atoms with van der Waals surface area (Å²) in [5.41, 5.74) is 1.52. The van der Waals surface area contributed by atoms with Crippen molar-refractivity contribution in [2.24, 2.45) is 7.05 Å². The summed E-state index contributed by atoms with van der Waals surface area (Å²) in [5.74, 6) is -0.104. The van der Waals surface area contributed by atoms with Crippen molar-refractivity contribution in [2.75, 3.05) is 19.7 Å². The molecule has 3 heterocycles. The molecule has 1 saturated heterocycles. The number of nitrogens with zero attached hydrogens (tertiary/aromatic N) is 4. The number of aliphatic hydroxyl groups excluding tert-OH is 1. The van der Waals surface area contributed by atoms with Gasteiger partial charge in [-0.1, -0.05) is 24.1 Å². The van der Waals surface area contributed by atoms with Crippen molar-refractivity contribution >= 4 is 28.8 Å². The van der Waals surface area contributed by atoms with Gasteiger partial charge in [0, 0.05) is 38.3 Å². The van der Waals surface area contributed by atoms with Gasteiger partial charge in [-0.05, 0) is 49.1 Å². The minimum atomic E-state index is -0.470. The van der Waals surface area contributed by atoms with Crippen molar-refractivity contribution in [3.63, 3.8) is 0 Å². The molecule has 186 valence electrons. The smallest absolute Gasteiger partial charge is 0.263 e. The van der Waals surface area contributed by atoms with Crippen molar-refractivity contribution in [3.8, 4) is 11.9 Å². The van der Waals surface area contributed by atoms with Crippen LogP contribution in [0.2, 0.25) is 0 Å². The number of rotatable bonds is 8. The molecule has 2 N–H and O–H groups in total. The van der Waals surface area contributed by atoms with Crippen molar-refractivity contribution in [3.05, 3.63) is 69.6 Å². The van der Waals surface area contributed by atoms with Gasteiger partial charge >= 0.3 is 0 Å². The van der Waals surface area contributed by atoms with Crippen LogP contribution in [-0.4, -0.2) is 55.4 Å². The molecule has 1 amide bonds. The molecule has 5 rings (SSSR count). The zero-order chi connectivity index (χ0) is 25.3. The van der Waals surface area contributed by atoms with Crippen LogP contribution in [0.3, 0.4) is 0 Å². The van der Waals surface area contributed by atoms with Gasteiger partial charge in [0.15, 0.2) is 0 Å². The molecule has 0 bridgehead atoms. The van der Waals surface area contributed by atoms with Gasteiger partial charge in [-0.15, -0.1) is 0 Å². The summed E-state index contributed by atoms with van der Waals surface area (Å²) in [6.45, 7) is 2.23. The Labute approximate surface area is 212 Å². The summed E-state index contributed by atoms with van der Waals surface area (Å²) in [6, 6.07) is 12.3. The highest BCUT2D eigenvalue weighted by Crippen LogP contribution is 2.50. The lowest BCUT2D eigenvalue weighted by atomic mass is 10.1. The molecule has 0 radical (unpaired) electrons. The quantitative estimate of drug-likeness (QED) is 0.448. The number of aryl methyl sites for hydroxylation is 1. The second-order valence-corrected chi connectivity index (χ2v) is 10.9. The molecule has 2 fully saturated rings. The minimum Gasteiger partial charge on any atom is -0.475 e. The number of nitrogens with one attached hydrogen (secondary N) is 1. The van der Waals surface area contributed by atoms with Gasteiger partial charge in [-0.2, -0.15) is 5.26 Å². The van der Waals surface area contributed by atoms with Gasteiger partial charge in [0.25, 0.3) is 11.5 Å². The molecule has 0 spiro atoms. The van der Waals surface area contributed by atoms with Gasteiger partial charge in [0.2, 0.25) is 5.88 Å². The third-order valence-corrected chi connectivity index (χ3v) is 8.10. The number of ether oxygens (including phenoxy) is 1. The van der Waals surface area contributed by atoms with Crippen molar-refractivity contribution in [1.29, 1.82) is 5.26 Å². The maximum Gasteiger partial charge on any atom is 0.263 e. The summed E-state index contributed by atoms with van der Waals surface area (Å²) < 4.78 is 9.73. The third kappa shape index (κ3) is 5.09. The van der Waals surface area contributed by atoms with Crippen LogP contribution in [0.1, 0.15) is 40.7 Å². The van der Waals surface area contributed by atoms with Crippen molar-refractivity contribution in [1.82, 2.24) is 19.2 Å². The zero-order valence-corrected chi connectivity index (χ0v) is 20.8. The van der Waals surface area contributed by atoms with E-state index >= 15 is 0 Å². The second-order valence-electron chi connectivity index (χ2n) is 9.36. The van der Waals surface area contributed by atoms with E-state index in [-0.39, 0.29) is 23.0 Å². The molecule has 0 unspecified atom stereocenters. The van der Waals surface area contributed by atoms with E-state index in [1.165, 1.54) is 4.57 Å². The normalized spacial score (nSPS) is 18.6. The Kier molecular flexibility index (Phi) is 6.71. The fourth-order valence-corrected chi connectivity index (χ4v) is 5.70. The molecule has 1 atom stereocenters. The molecule has 1 aliphatic carbocycles. The van der Waals surface area contributed by atoms with Gasteiger partial charge in [-0.25, -0.2) is 9.29 Å². The number of amides is 1. The number of hydrogen-bond donors (Lipinski definition) is 2. The second kappa shape index (κ2) is 9.93. The molecule has 3 aromatic rings. The molecule has 2 aliphatic rings.